The lowest BCUT2D eigenvalue weighted by Crippen LogP contribution is -1.93. The van der Waals surface area contributed by atoms with Crippen molar-refractivity contribution in [3.63, 3.8) is 0 Å². The summed E-state index contributed by atoms with van der Waals surface area (Å²) in [6.45, 7) is 6.68. The molecule has 1 unspecified atom stereocenters. The van der Waals surface area contributed by atoms with Gasteiger partial charge in [-0.25, -0.2) is 0 Å². The first-order valence-electron chi connectivity index (χ1n) is 4.36. The molecule has 0 bridgehead atoms. The van der Waals surface area contributed by atoms with Crippen molar-refractivity contribution in [3.05, 3.63) is 11.6 Å². The first kappa shape index (κ1) is 11.5. The highest BCUT2D eigenvalue weighted by molar-refractivity contribution is 14.1. The molecule has 0 saturated heterocycles. The molecule has 1 heteroatoms. The molecule has 66 valence electrons. The van der Waals surface area contributed by atoms with Crippen LogP contribution in [0.4, 0.5) is 0 Å². The molecule has 1 atom stereocenters. The van der Waals surface area contributed by atoms with Crippen LogP contribution < -0.4 is 0 Å². The molecule has 0 saturated carbocycles. The van der Waals surface area contributed by atoms with E-state index >= 15 is 0 Å². The Morgan fingerprint density at radius 3 is 2.45 bits per heavy atom. The SMILES string of the molecule is CC(C)=CCCC(C)CCI. The van der Waals surface area contributed by atoms with Crippen molar-refractivity contribution in [2.75, 3.05) is 4.43 Å². The van der Waals surface area contributed by atoms with Gasteiger partial charge in [0.1, 0.15) is 0 Å². The van der Waals surface area contributed by atoms with E-state index in [9.17, 15) is 0 Å². The lowest BCUT2D eigenvalue weighted by molar-refractivity contribution is 0.528. The molecule has 0 aromatic carbocycles. The summed E-state index contributed by atoms with van der Waals surface area (Å²) >= 11 is 2.45. The van der Waals surface area contributed by atoms with Crippen LogP contribution in [0.25, 0.3) is 0 Å². The summed E-state index contributed by atoms with van der Waals surface area (Å²) in [5.41, 5.74) is 1.45. The fraction of sp³-hybridized carbons (Fsp3) is 0.800. The van der Waals surface area contributed by atoms with Crippen LogP contribution >= 0.6 is 22.6 Å². The molecule has 0 radical (unpaired) electrons. The van der Waals surface area contributed by atoms with Crippen molar-refractivity contribution >= 4 is 22.6 Å². The zero-order valence-corrected chi connectivity index (χ0v) is 10.0. The highest BCUT2D eigenvalue weighted by Gasteiger charge is 1.98. The Labute approximate surface area is 84.6 Å². The van der Waals surface area contributed by atoms with Crippen LogP contribution in [0.2, 0.25) is 0 Å². The second-order valence-electron chi connectivity index (χ2n) is 3.44. The minimum absolute atomic E-state index is 0.905. The number of hydrogen-bond acceptors (Lipinski definition) is 0. The monoisotopic (exact) mass is 266 g/mol. The zero-order chi connectivity index (χ0) is 8.69. The third-order valence-electron chi connectivity index (χ3n) is 1.81. The second kappa shape index (κ2) is 7.14. The molecule has 0 fully saturated rings. The van der Waals surface area contributed by atoms with E-state index in [0.29, 0.717) is 0 Å². The summed E-state index contributed by atoms with van der Waals surface area (Å²) in [5.74, 6) is 0.905. The van der Waals surface area contributed by atoms with Crippen LogP contribution in [0.5, 0.6) is 0 Å². The maximum Gasteiger partial charge on any atom is -0.000219 e. The quantitative estimate of drug-likeness (QED) is 0.397. The minimum Gasteiger partial charge on any atom is -0.0864 e. The highest BCUT2D eigenvalue weighted by atomic mass is 127. The topological polar surface area (TPSA) is 0 Å². The van der Waals surface area contributed by atoms with Crippen molar-refractivity contribution in [1.29, 1.82) is 0 Å². The normalized spacial score (nSPS) is 12.7. The first-order valence-corrected chi connectivity index (χ1v) is 5.88. The van der Waals surface area contributed by atoms with E-state index in [1.165, 1.54) is 29.3 Å². The number of allylic oxidation sites excluding steroid dienone is 2. The molecule has 0 N–H and O–H groups in total. The van der Waals surface area contributed by atoms with E-state index < -0.39 is 0 Å². The Morgan fingerprint density at radius 2 is 2.00 bits per heavy atom. The number of alkyl halides is 1. The van der Waals surface area contributed by atoms with Crippen molar-refractivity contribution in [2.24, 2.45) is 5.92 Å². The molecule has 0 aliphatic rings. The van der Waals surface area contributed by atoms with Gasteiger partial charge in [-0.2, -0.15) is 0 Å². The molecule has 0 rings (SSSR count). The fourth-order valence-electron chi connectivity index (χ4n) is 0.987. The van der Waals surface area contributed by atoms with Gasteiger partial charge in [-0.1, -0.05) is 41.2 Å². The Morgan fingerprint density at radius 1 is 1.36 bits per heavy atom. The molecule has 0 aliphatic heterocycles. The molecule has 0 aromatic heterocycles. The summed E-state index contributed by atoms with van der Waals surface area (Å²) in [6.07, 6.45) is 6.33. The Bertz CT molecular complexity index is 112. The van der Waals surface area contributed by atoms with Crippen molar-refractivity contribution in [3.8, 4) is 0 Å². The molecule has 0 nitrogen and oxygen atoms in total. The van der Waals surface area contributed by atoms with Gasteiger partial charge in [0.25, 0.3) is 0 Å². The maximum atomic E-state index is 2.45. The Kier molecular flexibility index (Phi) is 7.44. The summed E-state index contributed by atoms with van der Waals surface area (Å²) in [6, 6.07) is 0. The van der Waals surface area contributed by atoms with Crippen LogP contribution in [-0.2, 0) is 0 Å². The lowest BCUT2D eigenvalue weighted by atomic mass is 10.0. The van der Waals surface area contributed by atoms with Gasteiger partial charge in [-0.05, 0) is 43.5 Å². The average molecular weight is 266 g/mol. The van der Waals surface area contributed by atoms with Crippen LogP contribution in [0, 0.1) is 5.92 Å². The number of hydrogen-bond donors (Lipinski definition) is 0. The van der Waals surface area contributed by atoms with Crippen molar-refractivity contribution in [1.82, 2.24) is 0 Å². The molecule has 11 heavy (non-hydrogen) atoms. The smallest absolute Gasteiger partial charge is 0.000219 e. The lowest BCUT2D eigenvalue weighted by Gasteiger charge is -2.06. The zero-order valence-electron chi connectivity index (χ0n) is 7.86. The molecule has 0 heterocycles. The molecule has 0 aromatic rings. The van der Waals surface area contributed by atoms with E-state index in [-0.39, 0.29) is 0 Å². The van der Waals surface area contributed by atoms with Crippen molar-refractivity contribution < 1.29 is 0 Å². The van der Waals surface area contributed by atoms with Crippen LogP contribution in [0.1, 0.15) is 40.0 Å². The van der Waals surface area contributed by atoms with Gasteiger partial charge in [-0.15, -0.1) is 0 Å². The van der Waals surface area contributed by atoms with E-state index in [4.69, 9.17) is 0 Å². The fourth-order valence-corrected chi connectivity index (χ4v) is 2.05. The molecule has 0 aliphatic carbocycles. The Balaban J connectivity index is 3.31. The van der Waals surface area contributed by atoms with E-state index in [1.54, 1.807) is 0 Å². The summed E-state index contributed by atoms with van der Waals surface area (Å²) < 4.78 is 1.30. The van der Waals surface area contributed by atoms with Gasteiger partial charge >= 0.3 is 0 Å². The molecular formula is C10H19I. The van der Waals surface area contributed by atoms with Gasteiger partial charge < -0.3 is 0 Å². The third kappa shape index (κ3) is 8.38. The van der Waals surface area contributed by atoms with Crippen LogP contribution in [0.15, 0.2) is 11.6 Å². The predicted molar refractivity (Wildman–Crippen MR) is 61.3 cm³/mol. The van der Waals surface area contributed by atoms with E-state index in [2.05, 4.69) is 49.4 Å². The van der Waals surface area contributed by atoms with Crippen molar-refractivity contribution in [2.45, 2.75) is 40.0 Å². The Hall–Kier alpha value is 0.470. The molecular weight excluding hydrogens is 247 g/mol. The number of halogens is 1. The molecule has 0 spiro atoms. The van der Waals surface area contributed by atoms with E-state index in [1.807, 2.05) is 0 Å². The summed E-state index contributed by atoms with van der Waals surface area (Å²) in [5, 5.41) is 0. The number of rotatable bonds is 5. The molecule has 0 amide bonds. The van der Waals surface area contributed by atoms with Gasteiger partial charge in [0.05, 0.1) is 0 Å². The maximum absolute atomic E-state index is 2.45. The first-order chi connectivity index (χ1) is 5.16. The summed E-state index contributed by atoms with van der Waals surface area (Å²) in [4.78, 5) is 0. The van der Waals surface area contributed by atoms with Gasteiger partial charge in [0, 0.05) is 0 Å². The highest BCUT2D eigenvalue weighted by Crippen LogP contribution is 2.12. The van der Waals surface area contributed by atoms with Crippen LogP contribution in [0.3, 0.4) is 0 Å². The van der Waals surface area contributed by atoms with Gasteiger partial charge in [0.2, 0.25) is 0 Å². The van der Waals surface area contributed by atoms with Gasteiger partial charge in [0.15, 0.2) is 0 Å². The van der Waals surface area contributed by atoms with E-state index in [0.717, 1.165) is 5.92 Å². The average Bonchev–Trinajstić information content (AvgIpc) is 1.87. The third-order valence-corrected chi connectivity index (χ3v) is 2.44. The standard InChI is InChI=1S/C10H19I/c1-9(2)5-4-6-10(3)7-8-11/h5,10H,4,6-8H2,1-3H3. The second-order valence-corrected chi connectivity index (χ2v) is 4.52. The summed E-state index contributed by atoms with van der Waals surface area (Å²) in [7, 11) is 0. The van der Waals surface area contributed by atoms with Crippen LogP contribution in [-0.4, -0.2) is 4.43 Å². The van der Waals surface area contributed by atoms with Gasteiger partial charge in [-0.3, -0.25) is 0 Å². The largest absolute Gasteiger partial charge is 0.0864 e. The minimum atomic E-state index is 0.905. The predicted octanol–water partition coefficient (Wildman–Crippen LogP) is 4.19.